The van der Waals surface area contributed by atoms with Crippen LogP contribution in [0.25, 0.3) is 0 Å². The van der Waals surface area contributed by atoms with Crippen LogP contribution in [-0.4, -0.2) is 29.3 Å². The Morgan fingerprint density at radius 3 is 2.07 bits per heavy atom. The van der Waals surface area contributed by atoms with Gasteiger partial charge in [-0.15, -0.1) is 0 Å². The van der Waals surface area contributed by atoms with Crippen molar-refractivity contribution in [3.8, 4) is 0 Å². The van der Waals surface area contributed by atoms with E-state index >= 15 is 0 Å². The summed E-state index contributed by atoms with van der Waals surface area (Å²) >= 11 is 0. The van der Waals surface area contributed by atoms with Crippen LogP contribution in [-0.2, 0) is 4.79 Å². The Labute approximate surface area is 86.1 Å². The van der Waals surface area contributed by atoms with Crippen LogP contribution in [0.3, 0.4) is 0 Å². The van der Waals surface area contributed by atoms with Crippen LogP contribution >= 0.6 is 0 Å². The molecule has 0 spiro atoms. The lowest BCUT2D eigenvalue weighted by Crippen LogP contribution is -2.19. The Morgan fingerprint density at radius 2 is 1.86 bits per heavy atom. The van der Waals surface area contributed by atoms with E-state index in [4.69, 9.17) is 15.9 Å². The van der Waals surface area contributed by atoms with E-state index in [0.29, 0.717) is 12.5 Å². The third-order valence-corrected chi connectivity index (χ3v) is 1.60. The lowest BCUT2D eigenvalue weighted by molar-refractivity contribution is -0.138. The molecule has 0 radical (unpaired) electrons. The van der Waals surface area contributed by atoms with Crippen molar-refractivity contribution in [3.63, 3.8) is 0 Å². The van der Waals surface area contributed by atoms with Gasteiger partial charge in [0.25, 0.3) is 0 Å². The Bertz CT molecular complexity index is 137. The molecule has 0 aromatic rings. The molecule has 0 rings (SSSR count). The zero-order valence-corrected chi connectivity index (χ0v) is 9.36. The fourth-order valence-corrected chi connectivity index (χ4v) is 1.18. The van der Waals surface area contributed by atoms with Crippen LogP contribution < -0.4 is 5.73 Å². The van der Waals surface area contributed by atoms with E-state index in [9.17, 15) is 4.79 Å². The van der Waals surface area contributed by atoms with Gasteiger partial charge in [-0.3, -0.25) is 4.79 Å². The molecule has 86 valence electrons. The molecular weight excluding hydrogens is 182 g/mol. The molecular formula is C10H23NO3. The molecule has 0 aliphatic rings. The van der Waals surface area contributed by atoms with E-state index in [-0.39, 0.29) is 18.9 Å². The van der Waals surface area contributed by atoms with Crippen molar-refractivity contribution in [3.05, 3.63) is 0 Å². The number of aliphatic hydroxyl groups excluding tert-OH is 1. The summed E-state index contributed by atoms with van der Waals surface area (Å²) in [5, 5.41) is 16.0. The zero-order chi connectivity index (χ0) is 11.6. The largest absolute Gasteiger partial charge is 0.481 e. The Morgan fingerprint density at radius 1 is 1.43 bits per heavy atom. The van der Waals surface area contributed by atoms with Crippen molar-refractivity contribution in [2.24, 2.45) is 17.6 Å². The molecule has 0 aliphatic carbocycles. The first-order valence-electron chi connectivity index (χ1n) is 5.00. The molecule has 0 aliphatic heterocycles. The van der Waals surface area contributed by atoms with Gasteiger partial charge in [0.05, 0.1) is 0 Å². The maximum atomic E-state index is 10.3. The summed E-state index contributed by atoms with van der Waals surface area (Å²) in [6.45, 7) is 6.56. The first-order valence-corrected chi connectivity index (χ1v) is 5.00. The highest BCUT2D eigenvalue weighted by Crippen LogP contribution is 2.13. The van der Waals surface area contributed by atoms with Crippen molar-refractivity contribution in [2.75, 3.05) is 13.2 Å². The first kappa shape index (κ1) is 15.8. The molecule has 1 atom stereocenters. The average Bonchev–Trinajstić information content (AvgIpc) is 2.02. The minimum atomic E-state index is -0.749. The molecule has 4 nitrogen and oxygen atoms in total. The molecule has 4 heteroatoms. The number of carboxylic acids is 1. The second kappa shape index (κ2) is 10.5. The number of aliphatic hydroxyl groups is 1. The minimum absolute atomic E-state index is 0.146. The molecule has 0 amide bonds. The smallest absolute Gasteiger partial charge is 0.303 e. The molecule has 14 heavy (non-hydrogen) atoms. The summed E-state index contributed by atoms with van der Waals surface area (Å²) in [6.07, 6.45) is 1.11. The molecule has 1 unspecified atom stereocenters. The lowest BCUT2D eigenvalue weighted by atomic mass is 9.94. The van der Waals surface area contributed by atoms with Crippen molar-refractivity contribution < 1.29 is 15.0 Å². The Hall–Kier alpha value is -0.610. The topological polar surface area (TPSA) is 83.6 Å². The van der Waals surface area contributed by atoms with Crippen LogP contribution in [0.15, 0.2) is 0 Å². The second-order valence-corrected chi connectivity index (χ2v) is 3.65. The third-order valence-electron chi connectivity index (χ3n) is 1.60. The first-order chi connectivity index (χ1) is 6.47. The number of hydrogen-bond donors (Lipinski definition) is 3. The highest BCUT2D eigenvalue weighted by Gasteiger charge is 2.12. The molecule has 0 aromatic heterocycles. The predicted molar refractivity (Wildman–Crippen MR) is 57.0 cm³/mol. The molecule has 0 heterocycles. The van der Waals surface area contributed by atoms with Gasteiger partial charge in [0.15, 0.2) is 0 Å². The summed E-state index contributed by atoms with van der Waals surface area (Å²) in [6, 6.07) is 0. The van der Waals surface area contributed by atoms with E-state index in [2.05, 4.69) is 13.8 Å². The molecule has 0 bridgehead atoms. The summed E-state index contributed by atoms with van der Waals surface area (Å²) in [7, 11) is 0. The molecule has 0 aromatic carbocycles. The molecule has 0 saturated heterocycles. The van der Waals surface area contributed by atoms with Gasteiger partial charge in [0.2, 0.25) is 0 Å². The number of rotatable bonds is 5. The van der Waals surface area contributed by atoms with Gasteiger partial charge in [-0.05, 0) is 31.7 Å². The molecule has 0 saturated carbocycles. The zero-order valence-electron chi connectivity index (χ0n) is 9.36. The maximum Gasteiger partial charge on any atom is 0.303 e. The van der Waals surface area contributed by atoms with Crippen LogP contribution in [0.5, 0.6) is 0 Å². The van der Waals surface area contributed by atoms with Crippen molar-refractivity contribution in [2.45, 2.75) is 33.6 Å². The van der Waals surface area contributed by atoms with Crippen LogP contribution in [0.2, 0.25) is 0 Å². The van der Waals surface area contributed by atoms with Gasteiger partial charge in [0, 0.05) is 13.0 Å². The SMILES string of the molecule is CC(C)CC(CN)CC(=O)O.CCO. The quantitative estimate of drug-likeness (QED) is 0.627. The van der Waals surface area contributed by atoms with Gasteiger partial charge in [0.1, 0.15) is 0 Å². The van der Waals surface area contributed by atoms with Crippen LogP contribution in [0.1, 0.15) is 33.6 Å². The fourth-order valence-electron chi connectivity index (χ4n) is 1.18. The monoisotopic (exact) mass is 205 g/mol. The van der Waals surface area contributed by atoms with Crippen molar-refractivity contribution in [1.29, 1.82) is 0 Å². The lowest BCUT2D eigenvalue weighted by Gasteiger charge is -2.13. The fraction of sp³-hybridized carbons (Fsp3) is 0.900. The second-order valence-electron chi connectivity index (χ2n) is 3.65. The van der Waals surface area contributed by atoms with E-state index < -0.39 is 5.97 Å². The highest BCUT2D eigenvalue weighted by molar-refractivity contribution is 5.67. The Kier molecular flexibility index (Phi) is 11.9. The summed E-state index contributed by atoms with van der Waals surface area (Å²) < 4.78 is 0. The van der Waals surface area contributed by atoms with E-state index in [0.717, 1.165) is 6.42 Å². The van der Waals surface area contributed by atoms with Crippen LogP contribution in [0.4, 0.5) is 0 Å². The number of aliphatic carboxylic acids is 1. The van der Waals surface area contributed by atoms with Gasteiger partial charge in [-0.2, -0.15) is 0 Å². The van der Waals surface area contributed by atoms with Crippen molar-refractivity contribution >= 4 is 5.97 Å². The normalized spacial score (nSPS) is 11.9. The van der Waals surface area contributed by atoms with Gasteiger partial charge >= 0.3 is 5.97 Å². The van der Waals surface area contributed by atoms with Gasteiger partial charge < -0.3 is 15.9 Å². The van der Waals surface area contributed by atoms with E-state index in [1.807, 2.05) is 0 Å². The van der Waals surface area contributed by atoms with E-state index in [1.54, 1.807) is 6.92 Å². The summed E-state index contributed by atoms with van der Waals surface area (Å²) in [5.41, 5.74) is 5.41. The predicted octanol–water partition coefficient (Wildman–Crippen LogP) is 1.08. The highest BCUT2D eigenvalue weighted by atomic mass is 16.4. The number of carbonyl (C=O) groups is 1. The average molecular weight is 205 g/mol. The van der Waals surface area contributed by atoms with Crippen molar-refractivity contribution in [1.82, 2.24) is 0 Å². The van der Waals surface area contributed by atoms with Crippen LogP contribution in [0, 0.1) is 11.8 Å². The summed E-state index contributed by atoms with van der Waals surface area (Å²) in [5.74, 6) is -0.0727. The van der Waals surface area contributed by atoms with Gasteiger partial charge in [-0.1, -0.05) is 13.8 Å². The standard InChI is InChI=1S/C8H17NO2.C2H6O/c1-6(2)3-7(5-9)4-8(10)11;1-2-3/h6-7H,3-5,9H2,1-2H3,(H,10,11);3H,2H2,1H3. The number of carboxylic acid groups (broad SMARTS) is 1. The third kappa shape index (κ3) is 13.9. The Balaban J connectivity index is 0. The minimum Gasteiger partial charge on any atom is -0.481 e. The summed E-state index contributed by atoms with van der Waals surface area (Å²) in [4.78, 5) is 10.3. The molecule has 4 N–H and O–H groups in total. The van der Waals surface area contributed by atoms with Gasteiger partial charge in [-0.25, -0.2) is 0 Å². The maximum absolute atomic E-state index is 10.3. The van der Waals surface area contributed by atoms with E-state index in [1.165, 1.54) is 0 Å². The number of nitrogens with two attached hydrogens (primary N) is 1. The molecule has 0 fully saturated rings. The number of hydrogen-bond acceptors (Lipinski definition) is 3.